The molecule has 65 heavy (non-hydrogen) atoms. The van der Waals surface area contributed by atoms with Crippen LogP contribution in [0.2, 0.25) is 0 Å². The molecule has 13 rings (SSSR count). The summed E-state index contributed by atoms with van der Waals surface area (Å²) in [4.78, 5) is 7.49. The van der Waals surface area contributed by atoms with Crippen LogP contribution in [-0.4, -0.2) is 9.38 Å². The van der Waals surface area contributed by atoms with Crippen LogP contribution in [0.3, 0.4) is 0 Å². The van der Waals surface area contributed by atoms with E-state index in [1.807, 2.05) is 6.07 Å². The smallest absolute Gasteiger partial charge is 0.137 e. The lowest BCUT2D eigenvalue weighted by Crippen LogP contribution is -2.25. The van der Waals surface area contributed by atoms with E-state index in [9.17, 15) is 0 Å². The van der Waals surface area contributed by atoms with Crippen molar-refractivity contribution < 1.29 is 0 Å². The topological polar surface area (TPSA) is 20.5 Å². The Morgan fingerprint density at radius 3 is 1.43 bits per heavy atom. The summed E-state index contributed by atoms with van der Waals surface area (Å²) in [5.41, 5.74) is 23.4. The molecular formula is C62H41N3. The van der Waals surface area contributed by atoms with Crippen LogP contribution in [0.1, 0.15) is 22.3 Å². The monoisotopic (exact) mass is 827 g/mol. The molecule has 0 unspecified atom stereocenters. The van der Waals surface area contributed by atoms with Crippen LogP contribution in [0.5, 0.6) is 0 Å². The van der Waals surface area contributed by atoms with E-state index in [1.165, 1.54) is 61.2 Å². The average molecular weight is 828 g/mol. The lowest BCUT2D eigenvalue weighted by Gasteiger charge is -2.30. The van der Waals surface area contributed by atoms with Crippen molar-refractivity contribution in [3.63, 3.8) is 0 Å². The maximum atomic E-state index is 5.12. The quantitative estimate of drug-likeness (QED) is 0.160. The van der Waals surface area contributed by atoms with E-state index >= 15 is 0 Å². The Morgan fingerprint density at radius 2 is 0.800 bits per heavy atom. The summed E-state index contributed by atoms with van der Waals surface area (Å²) in [6.07, 6.45) is 2.10. The molecule has 0 saturated heterocycles. The summed E-state index contributed by atoms with van der Waals surface area (Å²) in [5.74, 6) is 0. The molecular weight excluding hydrogens is 787 g/mol. The molecule has 0 amide bonds. The van der Waals surface area contributed by atoms with Crippen LogP contribution in [-0.2, 0) is 5.41 Å². The zero-order valence-corrected chi connectivity index (χ0v) is 35.5. The maximum absolute atomic E-state index is 5.12. The van der Waals surface area contributed by atoms with Crippen molar-refractivity contribution in [1.82, 2.24) is 9.38 Å². The lowest BCUT2D eigenvalue weighted by molar-refractivity contribution is 0.794. The SMILES string of the molecule is c1ccc(-c2ccc(N(c3ccc(-c4c(-c5ccccc5)nc5ccccn45)cc3)c3cccc(-c4ccc5c(c4)C4(c6ccccc6-c6ccccc64)c4ccccc4-5)c3)cc2)cc1. The number of pyridine rings is 1. The molecule has 0 saturated carbocycles. The van der Waals surface area contributed by atoms with Gasteiger partial charge in [0.1, 0.15) is 5.65 Å². The Labute approximate surface area is 378 Å². The first-order valence-corrected chi connectivity index (χ1v) is 22.4. The Kier molecular flexibility index (Phi) is 8.44. The number of rotatable bonds is 7. The Balaban J connectivity index is 0.950. The first-order chi connectivity index (χ1) is 32.2. The van der Waals surface area contributed by atoms with E-state index in [4.69, 9.17) is 4.98 Å². The molecule has 2 heterocycles. The number of fused-ring (bicyclic) bond motifs is 11. The van der Waals surface area contributed by atoms with Crippen LogP contribution in [0.4, 0.5) is 17.1 Å². The van der Waals surface area contributed by atoms with Crippen LogP contribution in [0.15, 0.2) is 249 Å². The highest BCUT2D eigenvalue weighted by molar-refractivity contribution is 5.96. The molecule has 0 fully saturated rings. The van der Waals surface area contributed by atoms with Crippen LogP contribution in [0.25, 0.3) is 72.7 Å². The highest BCUT2D eigenvalue weighted by Crippen LogP contribution is 2.63. The predicted octanol–water partition coefficient (Wildman–Crippen LogP) is 15.8. The number of imidazole rings is 1. The molecule has 0 N–H and O–H groups in total. The number of benzene rings is 9. The first kappa shape index (κ1) is 37.1. The highest BCUT2D eigenvalue weighted by atomic mass is 15.1. The third-order valence-electron chi connectivity index (χ3n) is 13.6. The number of hydrogen-bond donors (Lipinski definition) is 0. The maximum Gasteiger partial charge on any atom is 0.137 e. The van der Waals surface area contributed by atoms with E-state index < -0.39 is 5.41 Å². The van der Waals surface area contributed by atoms with Gasteiger partial charge in [-0.3, -0.25) is 4.40 Å². The number of aromatic nitrogens is 2. The van der Waals surface area contributed by atoms with Crippen LogP contribution < -0.4 is 4.90 Å². The predicted molar refractivity (Wildman–Crippen MR) is 268 cm³/mol. The van der Waals surface area contributed by atoms with Gasteiger partial charge in [0.05, 0.1) is 16.8 Å². The molecule has 2 aliphatic carbocycles. The third-order valence-corrected chi connectivity index (χ3v) is 13.6. The molecule has 3 heteroatoms. The van der Waals surface area contributed by atoms with E-state index in [-0.39, 0.29) is 0 Å². The Hall–Kier alpha value is -8.53. The molecule has 9 aromatic carbocycles. The van der Waals surface area contributed by atoms with Crippen molar-refractivity contribution in [1.29, 1.82) is 0 Å². The fourth-order valence-corrected chi connectivity index (χ4v) is 10.8. The van der Waals surface area contributed by atoms with Crippen molar-refractivity contribution in [3.8, 4) is 67.0 Å². The molecule has 0 atom stereocenters. The van der Waals surface area contributed by atoms with Gasteiger partial charge in [0, 0.05) is 34.4 Å². The number of nitrogens with zero attached hydrogens (tertiary/aromatic N) is 3. The minimum atomic E-state index is -0.401. The Morgan fingerprint density at radius 1 is 0.323 bits per heavy atom. The summed E-state index contributed by atoms with van der Waals surface area (Å²) in [6, 6.07) is 88.4. The van der Waals surface area contributed by atoms with Crippen molar-refractivity contribution >= 4 is 22.7 Å². The van der Waals surface area contributed by atoms with E-state index in [0.717, 1.165) is 50.8 Å². The fourth-order valence-electron chi connectivity index (χ4n) is 10.8. The zero-order valence-electron chi connectivity index (χ0n) is 35.5. The lowest BCUT2D eigenvalue weighted by atomic mass is 9.70. The van der Waals surface area contributed by atoms with Gasteiger partial charge in [0.25, 0.3) is 0 Å². The van der Waals surface area contributed by atoms with Crippen molar-refractivity contribution in [3.05, 3.63) is 271 Å². The van der Waals surface area contributed by atoms with E-state index in [2.05, 4.69) is 252 Å². The van der Waals surface area contributed by atoms with Gasteiger partial charge in [-0.2, -0.15) is 0 Å². The van der Waals surface area contributed by atoms with Gasteiger partial charge in [-0.15, -0.1) is 0 Å². The zero-order chi connectivity index (χ0) is 42.9. The largest absolute Gasteiger partial charge is 0.310 e. The van der Waals surface area contributed by atoms with Gasteiger partial charge in [-0.1, -0.05) is 188 Å². The first-order valence-electron chi connectivity index (χ1n) is 22.4. The fraction of sp³-hybridized carbons (Fsp3) is 0.0161. The summed E-state index contributed by atoms with van der Waals surface area (Å²) in [6.45, 7) is 0. The molecule has 3 nitrogen and oxygen atoms in total. The van der Waals surface area contributed by atoms with Crippen molar-refractivity contribution in [2.24, 2.45) is 0 Å². The molecule has 304 valence electrons. The second kappa shape index (κ2) is 14.8. The number of anilines is 3. The van der Waals surface area contributed by atoms with Gasteiger partial charge in [-0.05, 0) is 121 Å². The van der Waals surface area contributed by atoms with E-state index in [1.54, 1.807) is 0 Å². The molecule has 0 aliphatic heterocycles. The van der Waals surface area contributed by atoms with Gasteiger partial charge in [-0.25, -0.2) is 4.98 Å². The van der Waals surface area contributed by atoms with Crippen molar-refractivity contribution in [2.45, 2.75) is 5.41 Å². The molecule has 11 aromatic rings. The standard InChI is InChI=1S/C62H41N3/c1-3-16-42(17-4-1)43-29-34-48(35-30-43)65(49-36-31-45(32-37-49)61-60(44-18-5-2-6-19-44)63-59-28-13-14-39-64(59)61)50-21-15-20-46(40-50)47-33-38-54-53-24-9-12-27-57(53)62(58(54)41-47)55-25-10-7-22-51(55)52-23-8-11-26-56(52)62/h1-41H. The summed E-state index contributed by atoms with van der Waals surface area (Å²) >= 11 is 0. The Bertz CT molecular complexity index is 3520. The third kappa shape index (κ3) is 5.72. The van der Waals surface area contributed by atoms with Crippen LogP contribution >= 0.6 is 0 Å². The molecule has 1 spiro atoms. The highest BCUT2D eigenvalue weighted by Gasteiger charge is 2.51. The minimum Gasteiger partial charge on any atom is -0.310 e. The average Bonchev–Trinajstić information content (AvgIpc) is 4.02. The van der Waals surface area contributed by atoms with Crippen LogP contribution in [0, 0.1) is 0 Å². The normalized spacial score (nSPS) is 12.7. The van der Waals surface area contributed by atoms with Gasteiger partial charge < -0.3 is 4.90 Å². The molecule has 0 radical (unpaired) electrons. The molecule has 0 bridgehead atoms. The van der Waals surface area contributed by atoms with Gasteiger partial charge in [0.2, 0.25) is 0 Å². The molecule has 2 aromatic heterocycles. The second-order valence-corrected chi connectivity index (χ2v) is 17.1. The minimum absolute atomic E-state index is 0.401. The molecule has 2 aliphatic rings. The van der Waals surface area contributed by atoms with E-state index in [0.29, 0.717) is 0 Å². The van der Waals surface area contributed by atoms with Crippen molar-refractivity contribution in [2.75, 3.05) is 4.90 Å². The van der Waals surface area contributed by atoms with Gasteiger partial charge in [0.15, 0.2) is 0 Å². The summed E-state index contributed by atoms with van der Waals surface area (Å²) in [7, 11) is 0. The number of hydrogen-bond acceptors (Lipinski definition) is 2. The van der Waals surface area contributed by atoms with Gasteiger partial charge >= 0.3 is 0 Å². The summed E-state index contributed by atoms with van der Waals surface area (Å²) in [5, 5.41) is 0. The second-order valence-electron chi connectivity index (χ2n) is 17.1. The summed E-state index contributed by atoms with van der Waals surface area (Å²) < 4.78 is 2.20.